The number of Topliss-reactive ketones (excluding diaryl/α,β-unsaturated/α-hetero) is 1. The molecule has 1 heterocycles. The molecule has 0 saturated carbocycles. The van der Waals surface area contributed by atoms with Gasteiger partial charge in [0, 0.05) is 99.6 Å². The first-order valence-electron chi connectivity index (χ1n) is 37.4. The van der Waals surface area contributed by atoms with Gasteiger partial charge in [-0.2, -0.15) is 0 Å². The smallest absolute Gasteiger partial charge is 0.407 e. The number of likely N-dealkylation sites (N-methyl/N-ethyl adjacent to an activating group) is 2. The van der Waals surface area contributed by atoms with Crippen molar-refractivity contribution in [3.63, 3.8) is 0 Å². The number of hydrogen-bond donors (Lipinski definition) is 10. The van der Waals surface area contributed by atoms with E-state index in [9.17, 15) is 72.2 Å². The van der Waals surface area contributed by atoms with Gasteiger partial charge < -0.3 is 91.2 Å². The molecule has 0 aromatic heterocycles. The molecular formula is C75H126N12O21. The lowest BCUT2D eigenvalue weighted by Crippen LogP contribution is -2.59. The number of nitrogens with zero attached hydrogens (tertiary/aromatic N) is 3. The van der Waals surface area contributed by atoms with Crippen LogP contribution in [0.4, 0.5) is 4.79 Å². The Bertz CT molecular complexity index is 3040. The maximum atomic E-state index is 14.6. The molecule has 1 aliphatic rings. The zero-order chi connectivity index (χ0) is 81.4. The van der Waals surface area contributed by atoms with Crippen LogP contribution in [-0.4, -0.2) is 272 Å². The first-order valence-corrected chi connectivity index (χ1v) is 37.4. The second-order valence-corrected chi connectivity index (χ2v) is 29.6. The minimum Gasteiger partial charge on any atom is -0.480 e. The van der Waals surface area contributed by atoms with E-state index in [-0.39, 0.29) is 125 Å². The Labute approximate surface area is 637 Å². The number of nitrogens with one attached hydrogen (secondary N) is 9. The minimum absolute atomic E-state index is 0.00732. The number of ketones is 1. The van der Waals surface area contributed by atoms with Gasteiger partial charge in [0.05, 0.1) is 81.6 Å². The first kappa shape index (κ1) is 95.7. The average Bonchev–Trinajstić information content (AvgIpc) is 1.48. The fraction of sp³-hybridized carbons (Fsp3) is 0.733. The van der Waals surface area contributed by atoms with Crippen LogP contribution in [0.15, 0.2) is 30.3 Å². The van der Waals surface area contributed by atoms with E-state index < -0.39 is 164 Å². The summed E-state index contributed by atoms with van der Waals surface area (Å²) in [4.78, 5) is 190. The number of benzene rings is 1. The number of hydrogen-bond acceptors (Lipinski definition) is 21. The quantitative estimate of drug-likeness (QED) is 0.0328. The molecule has 0 radical (unpaired) electrons. The summed E-state index contributed by atoms with van der Waals surface area (Å²) in [6.45, 7) is 20.4. The van der Waals surface area contributed by atoms with E-state index in [4.69, 9.17) is 28.4 Å². The second-order valence-electron chi connectivity index (χ2n) is 29.6. The van der Waals surface area contributed by atoms with E-state index in [1.165, 1.54) is 28.3 Å². The van der Waals surface area contributed by atoms with E-state index in [0.29, 0.717) is 32.4 Å². The van der Waals surface area contributed by atoms with Crippen molar-refractivity contribution in [1.82, 2.24) is 62.6 Å². The SMILES string of the molecule is CC[C@H](C)[C@@H]([C@@H](CC(=O)N1CCC[C@H]1[C@H](OC)[C@@H](C)C(=O)N[C@@H](Cc1ccccc1)C(=O)NCCCOC(=O)[C@H](C)NC(=O)CC[C@H](NC(=O)CCNC(=O)OC[C@H](CC(=O)CNC(=O)CCNC(=O)CCOCC(C)(C)C)C(=O)NCCOC)C(=O)O)OC)N(C)C(=O)[C@@H](NC(=O)[C@H](C(C)C)N(C)C)C(C)C. The van der Waals surface area contributed by atoms with Gasteiger partial charge in [-0.3, -0.25) is 57.6 Å². The predicted octanol–water partition coefficient (Wildman–Crippen LogP) is 1.79. The Morgan fingerprint density at radius 3 is 1.88 bits per heavy atom. The second kappa shape index (κ2) is 50.3. The van der Waals surface area contributed by atoms with Crippen LogP contribution < -0.4 is 47.9 Å². The van der Waals surface area contributed by atoms with Crippen molar-refractivity contribution < 1.29 is 101 Å². The molecule has 612 valence electrons. The summed E-state index contributed by atoms with van der Waals surface area (Å²) in [7, 11) is 9.71. The van der Waals surface area contributed by atoms with Crippen LogP contribution in [0.25, 0.3) is 0 Å². The largest absolute Gasteiger partial charge is 0.480 e. The highest BCUT2D eigenvalue weighted by Crippen LogP contribution is 2.30. The zero-order valence-electron chi connectivity index (χ0n) is 66.7. The summed E-state index contributed by atoms with van der Waals surface area (Å²) in [5, 5.41) is 33.2. The minimum atomic E-state index is -1.56. The lowest BCUT2D eigenvalue weighted by molar-refractivity contribution is -0.148. The summed E-state index contributed by atoms with van der Waals surface area (Å²) in [5.74, 6) is -10.2. The number of ether oxygens (including phenoxy) is 6. The third kappa shape index (κ3) is 35.8. The highest BCUT2D eigenvalue weighted by molar-refractivity contribution is 5.92. The van der Waals surface area contributed by atoms with Crippen LogP contribution >= 0.6 is 0 Å². The van der Waals surface area contributed by atoms with Gasteiger partial charge in [-0.1, -0.05) is 106 Å². The third-order valence-corrected chi connectivity index (χ3v) is 18.4. The van der Waals surface area contributed by atoms with Gasteiger partial charge in [0.25, 0.3) is 0 Å². The molecule has 1 aromatic carbocycles. The molecule has 1 aromatic rings. The number of alkyl carbamates (subject to hydrolysis) is 1. The lowest BCUT2D eigenvalue weighted by Gasteiger charge is -2.41. The fourth-order valence-corrected chi connectivity index (χ4v) is 12.4. The summed E-state index contributed by atoms with van der Waals surface area (Å²) in [5.41, 5.74) is 0.694. The zero-order valence-corrected chi connectivity index (χ0v) is 66.7. The molecule has 2 rings (SSSR count). The molecule has 0 aliphatic carbocycles. The fourth-order valence-electron chi connectivity index (χ4n) is 12.4. The molecule has 0 bridgehead atoms. The van der Waals surface area contributed by atoms with Crippen molar-refractivity contribution in [2.75, 3.05) is 115 Å². The summed E-state index contributed by atoms with van der Waals surface area (Å²) in [6.07, 6.45) is -2.41. The van der Waals surface area contributed by atoms with E-state index >= 15 is 0 Å². The number of carbonyl (C=O) groups excluding carboxylic acids is 13. The molecule has 1 aliphatic heterocycles. The van der Waals surface area contributed by atoms with E-state index in [0.717, 1.165) is 5.56 Å². The van der Waals surface area contributed by atoms with Crippen LogP contribution in [0.3, 0.4) is 0 Å². The van der Waals surface area contributed by atoms with Gasteiger partial charge >= 0.3 is 18.0 Å². The molecule has 0 unspecified atom stereocenters. The molecule has 1 saturated heterocycles. The number of rotatable bonds is 52. The number of carbonyl (C=O) groups is 14. The Kier molecular flexibility index (Phi) is 44.6. The Balaban J connectivity index is 1.95. The van der Waals surface area contributed by atoms with Crippen molar-refractivity contribution in [3.05, 3.63) is 35.9 Å². The third-order valence-electron chi connectivity index (χ3n) is 18.4. The average molecular weight is 1530 g/mol. The molecule has 0 spiro atoms. The van der Waals surface area contributed by atoms with Gasteiger partial charge in [-0.15, -0.1) is 0 Å². The van der Waals surface area contributed by atoms with Gasteiger partial charge in [0.1, 0.15) is 30.8 Å². The lowest BCUT2D eigenvalue weighted by atomic mass is 9.89. The van der Waals surface area contributed by atoms with Gasteiger partial charge in [-0.25, -0.2) is 14.4 Å². The van der Waals surface area contributed by atoms with Crippen LogP contribution in [0.1, 0.15) is 152 Å². The van der Waals surface area contributed by atoms with Gasteiger partial charge in [0.2, 0.25) is 59.1 Å². The number of amides is 11. The topological polar surface area (TPSA) is 433 Å². The molecule has 108 heavy (non-hydrogen) atoms. The molecule has 12 atom stereocenters. The normalized spacial score (nSPS) is 16.0. The molecule has 1 fully saturated rings. The van der Waals surface area contributed by atoms with E-state index in [2.05, 4.69) is 47.9 Å². The maximum Gasteiger partial charge on any atom is 0.407 e. The number of methoxy groups -OCH3 is 3. The summed E-state index contributed by atoms with van der Waals surface area (Å²) < 4.78 is 33.1. The van der Waals surface area contributed by atoms with Crippen LogP contribution in [-0.2, 0) is 97.2 Å². The maximum absolute atomic E-state index is 14.6. The van der Waals surface area contributed by atoms with Crippen molar-refractivity contribution >= 4 is 82.9 Å². The van der Waals surface area contributed by atoms with Crippen LogP contribution in [0, 0.1) is 35.0 Å². The van der Waals surface area contributed by atoms with Gasteiger partial charge in [-0.05, 0) is 75.4 Å². The monoisotopic (exact) mass is 1530 g/mol. The molecular weight excluding hydrogens is 1400 g/mol. The highest BCUT2D eigenvalue weighted by Gasteiger charge is 2.44. The Morgan fingerprint density at radius 2 is 1.28 bits per heavy atom. The number of esters is 1. The molecule has 10 N–H and O–H groups in total. The van der Waals surface area contributed by atoms with Crippen LogP contribution in [0.5, 0.6) is 0 Å². The number of aliphatic carboxylic acids is 1. The van der Waals surface area contributed by atoms with E-state index in [1.807, 2.05) is 99.5 Å². The first-order chi connectivity index (χ1) is 50.9. The summed E-state index contributed by atoms with van der Waals surface area (Å²) >= 11 is 0. The molecule has 33 heteroatoms. The standard InChI is InChI=1S/C75H126N12O21/c1-18-48(6)65(86(14)71(98)63(46(2)3)84-70(97)64(47(4)5)85(12)13)57(104-16)42-62(93)87-36-22-26-56(87)66(105-17)49(7)67(94)83-55(40-51-24-20-19-21-25-51)69(96)77-32-23-37-107-73(101)50(8)81-60(91)28-27-54(72(99)100)82-61(92)30-34-79-74(102)108-44-52(68(95)78-35-39-103-15)41-53(88)43-80-58(89)29-33-76-59(90)31-38-106-45-75(9,10)11/h19-21,24-25,46-50,52,54-57,63-66H,18,22-23,26-45H2,1-17H3,(H,76,90)(H,77,96)(H,78,95)(H,79,102)(H,80,89)(H,81,91)(H,82,92)(H,83,94)(H,84,97)(H,99,100)/t48-,49+,50-,52-,54-,55-,56-,57+,63-,64-,65-,66+/m0/s1. The van der Waals surface area contributed by atoms with Crippen LogP contribution in [0.2, 0.25) is 0 Å². The molecule has 11 amide bonds. The predicted molar refractivity (Wildman–Crippen MR) is 400 cm³/mol. The van der Waals surface area contributed by atoms with Crippen molar-refractivity contribution in [1.29, 1.82) is 0 Å². The number of likely N-dealkylation sites (tertiary alicyclic amines) is 1. The Morgan fingerprint density at radius 1 is 0.639 bits per heavy atom. The van der Waals surface area contributed by atoms with Crippen molar-refractivity contribution in [3.8, 4) is 0 Å². The van der Waals surface area contributed by atoms with Crippen molar-refractivity contribution in [2.24, 2.45) is 35.0 Å². The van der Waals surface area contributed by atoms with E-state index in [1.54, 1.807) is 35.9 Å². The van der Waals surface area contributed by atoms with Gasteiger partial charge in [0.15, 0.2) is 5.78 Å². The highest BCUT2D eigenvalue weighted by atomic mass is 16.6. The Hall–Kier alpha value is -8.40. The molecule has 33 nitrogen and oxygen atoms in total. The number of carboxylic acid groups (broad SMARTS) is 1. The summed E-state index contributed by atoms with van der Waals surface area (Å²) in [6, 6.07) is 2.80. The van der Waals surface area contributed by atoms with Crippen molar-refractivity contribution in [2.45, 2.75) is 208 Å². The number of carboxylic acids is 1.